The fourth-order valence-electron chi connectivity index (χ4n) is 0.483. The summed E-state index contributed by atoms with van der Waals surface area (Å²) >= 11 is 0. The topological polar surface area (TPSA) is 0 Å². The molecule has 0 heterocycles. The largest absolute Gasteiger partial charge is 0.135 e. The SMILES string of the molecule is C#CC1=CC=[C+]C=C1. The predicted octanol–water partition coefficient (Wildman–Crippen LogP) is 1.48. The van der Waals surface area contributed by atoms with E-state index in [1.807, 2.05) is 12.2 Å². The first kappa shape index (κ1) is 4.84. The van der Waals surface area contributed by atoms with Gasteiger partial charge in [-0.05, 0) is 5.92 Å². The van der Waals surface area contributed by atoms with Crippen LogP contribution < -0.4 is 0 Å². The van der Waals surface area contributed by atoms with Crippen molar-refractivity contribution in [2.24, 2.45) is 0 Å². The van der Waals surface area contributed by atoms with Crippen LogP contribution in [0, 0.1) is 18.4 Å². The molecule has 36 valence electrons. The Bertz CT molecular complexity index is 197. The van der Waals surface area contributed by atoms with E-state index in [-0.39, 0.29) is 0 Å². The molecule has 0 nitrogen and oxygen atoms in total. The first-order valence-electron chi connectivity index (χ1n) is 2.36. The Balaban J connectivity index is 2.88. The van der Waals surface area contributed by atoms with Crippen LogP contribution in [0.4, 0.5) is 0 Å². The first-order valence-corrected chi connectivity index (χ1v) is 2.36. The zero-order chi connectivity index (χ0) is 5.82. The van der Waals surface area contributed by atoms with E-state index in [9.17, 15) is 0 Å². The van der Waals surface area contributed by atoms with Crippen LogP contribution in [-0.4, -0.2) is 0 Å². The van der Waals surface area contributed by atoms with Crippen LogP contribution in [0.2, 0.25) is 0 Å². The van der Waals surface area contributed by atoms with Gasteiger partial charge in [-0.1, -0.05) is 0 Å². The number of rotatable bonds is 0. The van der Waals surface area contributed by atoms with Crippen LogP contribution in [0.15, 0.2) is 29.9 Å². The Morgan fingerprint density at radius 1 is 1.62 bits per heavy atom. The van der Waals surface area contributed by atoms with Gasteiger partial charge < -0.3 is 0 Å². The van der Waals surface area contributed by atoms with Crippen molar-refractivity contribution < 1.29 is 0 Å². The van der Waals surface area contributed by atoms with Crippen molar-refractivity contribution in [3.63, 3.8) is 0 Å². The van der Waals surface area contributed by atoms with Gasteiger partial charge in [0.05, 0.1) is 12.2 Å². The van der Waals surface area contributed by atoms with Gasteiger partial charge in [0.1, 0.15) is 17.7 Å². The molecule has 0 saturated carbocycles. The summed E-state index contributed by atoms with van der Waals surface area (Å²) in [5, 5.41) is 0. The molecule has 0 aromatic rings. The molecule has 0 amide bonds. The molecule has 0 unspecified atom stereocenters. The van der Waals surface area contributed by atoms with E-state index >= 15 is 0 Å². The van der Waals surface area contributed by atoms with Crippen LogP contribution in [0.5, 0.6) is 0 Å². The Hall–Kier alpha value is -1.31. The molecule has 0 N–H and O–H groups in total. The third-order valence-electron chi connectivity index (χ3n) is 0.885. The average molecular weight is 101 g/mol. The number of hydrogen-bond donors (Lipinski definition) is 0. The van der Waals surface area contributed by atoms with Crippen molar-refractivity contribution in [3.8, 4) is 12.3 Å². The lowest BCUT2D eigenvalue weighted by molar-refractivity contribution is 1.66. The molecular formula is C8H5+. The molecule has 0 aromatic heterocycles. The second kappa shape index (κ2) is 2.12. The zero-order valence-electron chi connectivity index (χ0n) is 4.39. The quantitative estimate of drug-likeness (QED) is 0.320. The predicted molar refractivity (Wildman–Crippen MR) is 33.9 cm³/mol. The summed E-state index contributed by atoms with van der Waals surface area (Å²) in [5.74, 6) is 2.51. The van der Waals surface area contributed by atoms with Crippen molar-refractivity contribution >= 4 is 0 Å². The maximum Gasteiger partial charge on any atom is 0.135 e. The highest BCUT2D eigenvalue weighted by atomic mass is 13.9. The first-order chi connectivity index (χ1) is 3.93. The molecule has 0 bridgehead atoms. The lowest BCUT2D eigenvalue weighted by atomic mass is 10.2. The second-order valence-corrected chi connectivity index (χ2v) is 1.43. The van der Waals surface area contributed by atoms with Gasteiger partial charge in [-0.2, -0.15) is 0 Å². The van der Waals surface area contributed by atoms with E-state index in [0.717, 1.165) is 5.57 Å². The molecule has 8 heavy (non-hydrogen) atoms. The molecule has 1 aliphatic rings. The van der Waals surface area contributed by atoms with Crippen LogP contribution >= 0.6 is 0 Å². The molecule has 0 aromatic carbocycles. The van der Waals surface area contributed by atoms with Crippen LogP contribution in [-0.2, 0) is 0 Å². The Morgan fingerprint density at radius 3 is 2.88 bits per heavy atom. The van der Waals surface area contributed by atoms with E-state index in [0.29, 0.717) is 0 Å². The van der Waals surface area contributed by atoms with Crippen molar-refractivity contribution in [2.75, 3.05) is 0 Å². The molecule has 0 spiro atoms. The third kappa shape index (κ3) is 0.846. The molecule has 0 radical (unpaired) electrons. The van der Waals surface area contributed by atoms with E-state index < -0.39 is 0 Å². The Kier molecular flexibility index (Phi) is 1.28. The summed E-state index contributed by atoms with van der Waals surface area (Å²) in [4.78, 5) is 0. The van der Waals surface area contributed by atoms with Gasteiger partial charge in [-0.3, -0.25) is 0 Å². The average Bonchev–Trinajstić information content (AvgIpc) is 1.90. The highest BCUT2D eigenvalue weighted by molar-refractivity contribution is 5.41. The van der Waals surface area contributed by atoms with Gasteiger partial charge in [-0.25, -0.2) is 0 Å². The second-order valence-electron chi connectivity index (χ2n) is 1.43. The number of allylic oxidation sites excluding steroid dienone is 6. The lowest BCUT2D eigenvalue weighted by Crippen LogP contribution is -1.72. The minimum Gasteiger partial charge on any atom is -0.112 e. The smallest absolute Gasteiger partial charge is 0.112 e. The minimum absolute atomic E-state index is 0.906. The van der Waals surface area contributed by atoms with Crippen LogP contribution in [0.3, 0.4) is 0 Å². The van der Waals surface area contributed by atoms with Crippen LogP contribution in [0.1, 0.15) is 0 Å². The van der Waals surface area contributed by atoms with Gasteiger partial charge in [-0.15, -0.1) is 6.42 Å². The molecule has 0 saturated heterocycles. The standard InChI is InChI=1S/C8H5/c1-2-8-6-4-3-5-7-8/h1,4-7H/q+1. The summed E-state index contributed by atoms with van der Waals surface area (Å²) in [6, 6.07) is 0. The van der Waals surface area contributed by atoms with Crippen molar-refractivity contribution in [2.45, 2.75) is 0 Å². The molecule has 0 fully saturated rings. The van der Waals surface area contributed by atoms with Crippen LogP contribution in [0.25, 0.3) is 0 Å². The van der Waals surface area contributed by atoms with Gasteiger partial charge in [0, 0.05) is 6.08 Å². The van der Waals surface area contributed by atoms with E-state index in [2.05, 4.69) is 12.0 Å². The molecule has 0 heteroatoms. The third-order valence-corrected chi connectivity index (χ3v) is 0.885. The highest BCUT2D eigenvalue weighted by Gasteiger charge is 1.93. The maximum atomic E-state index is 5.09. The highest BCUT2D eigenvalue weighted by Crippen LogP contribution is 1.99. The van der Waals surface area contributed by atoms with Crippen molar-refractivity contribution in [3.05, 3.63) is 36.0 Å². The number of hydrogen-bond acceptors (Lipinski definition) is 0. The van der Waals surface area contributed by atoms with Gasteiger partial charge in [0.15, 0.2) is 0 Å². The zero-order valence-corrected chi connectivity index (χ0v) is 4.39. The summed E-state index contributed by atoms with van der Waals surface area (Å²) < 4.78 is 0. The summed E-state index contributed by atoms with van der Waals surface area (Å²) in [7, 11) is 0. The fraction of sp³-hybridized carbons (Fsp3) is 0. The molecular weight excluding hydrogens is 96.1 g/mol. The monoisotopic (exact) mass is 101 g/mol. The van der Waals surface area contributed by atoms with Gasteiger partial charge in [0.2, 0.25) is 0 Å². The van der Waals surface area contributed by atoms with Gasteiger partial charge in [0.25, 0.3) is 0 Å². The maximum absolute atomic E-state index is 5.09. The lowest BCUT2D eigenvalue weighted by Gasteiger charge is -1.77. The summed E-state index contributed by atoms with van der Waals surface area (Å²) in [6.07, 6.45) is 15.3. The molecule has 0 atom stereocenters. The van der Waals surface area contributed by atoms with Gasteiger partial charge >= 0.3 is 0 Å². The van der Waals surface area contributed by atoms with E-state index in [4.69, 9.17) is 6.42 Å². The Labute approximate surface area is 49.2 Å². The molecule has 1 aliphatic carbocycles. The Morgan fingerprint density at radius 2 is 2.50 bits per heavy atom. The van der Waals surface area contributed by atoms with E-state index in [1.165, 1.54) is 0 Å². The van der Waals surface area contributed by atoms with Crippen molar-refractivity contribution in [1.82, 2.24) is 0 Å². The minimum atomic E-state index is 0.906. The molecule has 0 aliphatic heterocycles. The van der Waals surface area contributed by atoms with E-state index in [1.54, 1.807) is 12.2 Å². The summed E-state index contributed by atoms with van der Waals surface area (Å²) in [6.45, 7) is 0. The van der Waals surface area contributed by atoms with Crippen molar-refractivity contribution in [1.29, 1.82) is 0 Å². The normalized spacial score (nSPS) is 14.1. The molecule has 1 rings (SSSR count). The summed E-state index contributed by atoms with van der Waals surface area (Å²) in [5.41, 5.74) is 0.906. The number of terminal acetylenes is 1. The fourth-order valence-corrected chi connectivity index (χ4v) is 0.483.